The number of H-pyrrole nitrogens is 1. The predicted octanol–water partition coefficient (Wildman–Crippen LogP) is 2.29. The number of aryl methyl sites for hydroxylation is 1. The van der Waals surface area contributed by atoms with E-state index < -0.39 is 0 Å². The minimum absolute atomic E-state index is 0.218. The van der Waals surface area contributed by atoms with E-state index in [1.807, 2.05) is 26.1 Å². The largest absolute Gasteiger partial charge is 0.374 e. The van der Waals surface area contributed by atoms with Crippen LogP contribution >= 0.6 is 0 Å². The van der Waals surface area contributed by atoms with E-state index >= 15 is 0 Å². The highest BCUT2D eigenvalue weighted by atomic mass is 16.1. The summed E-state index contributed by atoms with van der Waals surface area (Å²) in [4.78, 5) is 20.6. The maximum atomic E-state index is 11.0. The summed E-state index contributed by atoms with van der Waals surface area (Å²) in [7, 11) is 1.99. The van der Waals surface area contributed by atoms with Gasteiger partial charge in [0.25, 0.3) is 0 Å². The number of aromatic nitrogens is 2. The fourth-order valence-electron chi connectivity index (χ4n) is 1.82. The van der Waals surface area contributed by atoms with Crippen LogP contribution in [-0.2, 0) is 4.79 Å². The van der Waals surface area contributed by atoms with E-state index in [9.17, 15) is 4.79 Å². The molecule has 1 heterocycles. The van der Waals surface area contributed by atoms with E-state index in [2.05, 4.69) is 20.9 Å². The smallest absolute Gasteiger partial charge is 0.131 e. The van der Waals surface area contributed by atoms with Gasteiger partial charge in [-0.2, -0.15) is 0 Å². The SMILES string of the molecule is CC(=O)CCN(C)c1ccc2nc(C)[nH]c2c1. The Morgan fingerprint density at radius 2 is 2.24 bits per heavy atom. The van der Waals surface area contributed by atoms with Crippen LogP contribution in [0.4, 0.5) is 5.69 Å². The van der Waals surface area contributed by atoms with E-state index in [0.717, 1.165) is 29.1 Å². The molecule has 0 saturated carbocycles. The summed E-state index contributed by atoms with van der Waals surface area (Å²) < 4.78 is 0. The van der Waals surface area contributed by atoms with Gasteiger partial charge in [0, 0.05) is 25.7 Å². The zero-order valence-corrected chi connectivity index (χ0v) is 10.4. The second kappa shape index (κ2) is 4.57. The number of anilines is 1. The van der Waals surface area contributed by atoms with Crippen molar-refractivity contribution in [2.75, 3.05) is 18.5 Å². The minimum Gasteiger partial charge on any atom is -0.374 e. The molecule has 0 aliphatic carbocycles. The van der Waals surface area contributed by atoms with Gasteiger partial charge in [0.1, 0.15) is 11.6 Å². The first kappa shape index (κ1) is 11.6. The Morgan fingerprint density at radius 3 is 2.94 bits per heavy atom. The van der Waals surface area contributed by atoms with Crippen molar-refractivity contribution < 1.29 is 4.79 Å². The molecule has 0 unspecified atom stereocenters. The van der Waals surface area contributed by atoms with Crippen molar-refractivity contribution in [1.82, 2.24) is 9.97 Å². The molecule has 0 aliphatic heterocycles. The van der Waals surface area contributed by atoms with Gasteiger partial charge < -0.3 is 9.88 Å². The van der Waals surface area contributed by atoms with Gasteiger partial charge in [-0.3, -0.25) is 4.79 Å². The molecule has 2 rings (SSSR count). The Morgan fingerprint density at radius 1 is 1.47 bits per heavy atom. The molecule has 0 amide bonds. The van der Waals surface area contributed by atoms with E-state index in [0.29, 0.717) is 6.42 Å². The molecular formula is C13H17N3O. The highest BCUT2D eigenvalue weighted by Crippen LogP contribution is 2.19. The third-order valence-electron chi connectivity index (χ3n) is 2.82. The molecule has 0 spiro atoms. The number of carbonyl (C=O) groups excluding carboxylic acids is 1. The van der Waals surface area contributed by atoms with Crippen LogP contribution in [-0.4, -0.2) is 29.3 Å². The quantitative estimate of drug-likeness (QED) is 0.878. The second-order valence-electron chi connectivity index (χ2n) is 4.40. The summed E-state index contributed by atoms with van der Waals surface area (Å²) in [5, 5.41) is 0. The van der Waals surface area contributed by atoms with E-state index in [4.69, 9.17) is 0 Å². The minimum atomic E-state index is 0.218. The molecule has 4 heteroatoms. The molecule has 1 aromatic carbocycles. The number of hydrogen-bond acceptors (Lipinski definition) is 3. The van der Waals surface area contributed by atoms with Crippen LogP contribution in [0, 0.1) is 6.92 Å². The Balaban J connectivity index is 2.20. The number of nitrogens with one attached hydrogen (secondary N) is 1. The molecule has 0 atom stereocenters. The maximum absolute atomic E-state index is 11.0. The van der Waals surface area contributed by atoms with Gasteiger partial charge in [-0.15, -0.1) is 0 Å². The molecule has 0 fully saturated rings. The Hall–Kier alpha value is -1.84. The number of fused-ring (bicyclic) bond motifs is 1. The maximum Gasteiger partial charge on any atom is 0.131 e. The fraction of sp³-hybridized carbons (Fsp3) is 0.385. The summed E-state index contributed by atoms with van der Waals surface area (Å²) in [6.07, 6.45) is 0.580. The van der Waals surface area contributed by atoms with Gasteiger partial charge in [0.15, 0.2) is 0 Å². The first-order valence-electron chi connectivity index (χ1n) is 5.73. The highest BCUT2D eigenvalue weighted by molar-refractivity contribution is 5.80. The summed E-state index contributed by atoms with van der Waals surface area (Å²) in [5.74, 6) is 1.14. The second-order valence-corrected chi connectivity index (χ2v) is 4.40. The predicted molar refractivity (Wildman–Crippen MR) is 69.4 cm³/mol. The monoisotopic (exact) mass is 231 g/mol. The molecule has 0 radical (unpaired) electrons. The Kier molecular flexibility index (Phi) is 3.13. The lowest BCUT2D eigenvalue weighted by Gasteiger charge is -2.18. The number of carbonyl (C=O) groups is 1. The van der Waals surface area contributed by atoms with Gasteiger partial charge in [-0.1, -0.05) is 0 Å². The normalized spacial score (nSPS) is 10.8. The lowest BCUT2D eigenvalue weighted by Crippen LogP contribution is -2.20. The van der Waals surface area contributed by atoms with E-state index in [-0.39, 0.29) is 5.78 Å². The van der Waals surface area contributed by atoms with Gasteiger partial charge >= 0.3 is 0 Å². The van der Waals surface area contributed by atoms with Crippen LogP contribution < -0.4 is 4.90 Å². The third-order valence-corrected chi connectivity index (χ3v) is 2.82. The van der Waals surface area contributed by atoms with Crippen LogP contribution in [0.25, 0.3) is 11.0 Å². The van der Waals surface area contributed by atoms with Crippen molar-refractivity contribution >= 4 is 22.5 Å². The summed E-state index contributed by atoms with van der Waals surface area (Å²) in [6, 6.07) is 6.09. The standard InChI is InChI=1S/C13H17N3O/c1-9(17)6-7-16(3)11-4-5-12-13(8-11)15-10(2)14-12/h4-5,8H,6-7H2,1-3H3,(H,14,15). The lowest BCUT2D eigenvalue weighted by atomic mass is 10.2. The summed E-state index contributed by atoms with van der Waals surface area (Å²) in [5.41, 5.74) is 3.11. The fourth-order valence-corrected chi connectivity index (χ4v) is 1.82. The Bertz CT molecular complexity index is 545. The van der Waals surface area contributed by atoms with Crippen LogP contribution in [0.1, 0.15) is 19.2 Å². The number of ketones is 1. The number of hydrogen-bond donors (Lipinski definition) is 1. The number of imidazole rings is 1. The van der Waals surface area contributed by atoms with Crippen LogP contribution in [0.2, 0.25) is 0 Å². The van der Waals surface area contributed by atoms with Gasteiger partial charge in [-0.25, -0.2) is 4.98 Å². The number of Topliss-reactive ketones (excluding diaryl/α,β-unsaturated/α-hetero) is 1. The van der Waals surface area contributed by atoms with E-state index in [1.54, 1.807) is 6.92 Å². The molecule has 2 aromatic rings. The van der Waals surface area contributed by atoms with Crippen molar-refractivity contribution in [3.05, 3.63) is 24.0 Å². The van der Waals surface area contributed by atoms with Crippen molar-refractivity contribution in [3.63, 3.8) is 0 Å². The summed E-state index contributed by atoms with van der Waals surface area (Å²) in [6.45, 7) is 4.31. The number of rotatable bonds is 4. The lowest BCUT2D eigenvalue weighted by molar-refractivity contribution is -0.116. The molecule has 4 nitrogen and oxygen atoms in total. The van der Waals surface area contributed by atoms with Crippen molar-refractivity contribution in [2.45, 2.75) is 20.3 Å². The number of benzene rings is 1. The first-order valence-corrected chi connectivity index (χ1v) is 5.73. The van der Waals surface area contributed by atoms with E-state index in [1.165, 1.54) is 0 Å². The van der Waals surface area contributed by atoms with Crippen LogP contribution in [0.15, 0.2) is 18.2 Å². The molecule has 90 valence electrons. The zero-order valence-electron chi connectivity index (χ0n) is 10.4. The average molecular weight is 231 g/mol. The molecule has 0 bridgehead atoms. The molecule has 1 aromatic heterocycles. The van der Waals surface area contributed by atoms with Gasteiger partial charge in [-0.05, 0) is 32.0 Å². The van der Waals surface area contributed by atoms with Crippen LogP contribution in [0.5, 0.6) is 0 Å². The van der Waals surface area contributed by atoms with Crippen molar-refractivity contribution in [1.29, 1.82) is 0 Å². The molecule has 1 N–H and O–H groups in total. The molecule has 17 heavy (non-hydrogen) atoms. The third kappa shape index (κ3) is 2.64. The average Bonchev–Trinajstić information content (AvgIpc) is 2.64. The number of nitrogens with zero attached hydrogens (tertiary/aromatic N) is 2. The van der Waals surface area contributed by atoms with Crippen LogP contribution in [0.3, 0.4) is 0 Å². The molecule has 0 aliphatic rings. The molecule has 0 saturated heterocycles. The van der Waals surface area contributed by atoms with Gasteiger partial charge in [0.2, 0.25) is 0 Å². The zero-order chi connectivity index (χ0) is 12.4. The molecular weight excluding hydrogens is 214 g/mol. The summed E-state index contributed by atoms with van der Waals surface area (Å²) >= 11 is 0. The first-order chi connectivity index (χ1) is 8.06. The van der Waals surface area contributed by atoms with Gasteiger partial charge in [0.05, 0.1) is 11.0 Å². The highest BCUT2D eigenvalue weighted by Gasteiger charge is 2.05. The van der Waals surface area contributed by atoms with Crippen molar-refractivity contribution in [2.24, 2.45) is 0 Å². The topological polar surface area (TPSA) is 49.0 Å². The Labute approximate surface area is 101 Å². The number of aromatic amines is 1. The van der Waals surface area contributed by atoms with Crippen molar-refractivity contribution in [3.8, 4) is 0 Å².